The molecular weight excluding hydrogens is 342 g/mol. The molecule has 2 rings (SSSR count). The van der Waals surface area contributed by atoms with Crippen molar-refractivity contribution >= 4 is 33.5 Å². The maximum atomic E-state index is 12.0. The van der Waals surface area contributed by atoms with E-state index in [2.05, 4.69) is 20.9 Å². The second kappa shape index (κ2) is 6.86. The van der Waals surface area contributed by atoms with Gasteiger partial charge in [0.15, 0.2) is 0 Å². The van der Waals surface area contributed by atoms with Crippen molar-refractivity contribution in [1.82, 2.24) is 4.98 Å². The molecule has 0 saturated heterocycles. The number of aromatic nitrogens is 1. The molecular formula is C15H13BrClNO2. The first-order chi connectivity index (χ1) is 9.58. The molecule has 0 aliphatic carbocycles. The predicted molar refractivity (Wildman–Crippen MR) is 81.6 cm³/mol. The molecule has 5 heteroatoms. The SMILES string of the molecule is CC(OC(=O)Cc1ccncc1Br)c1ccccc1Cl. The summed E-state index contributed by atoms with van der Waals surface area (Å²) in [4.78, 5) is 15.9. The lowest BCUT2D eigenvalue weighted by atomic mass is 10.1. The Morgan fingerprint density at radius 1 is 1.40 bits per heavy atom. The van der Waals surface area contributed by atoms with Gasteiger partial charge in [-0.2, -0.15) is 0 Å². The van der Waals surface area contributed by atoms with E-state index < -0.39 is 0 Å². The summed E-state index contributed by atoms with van der Waals surface area (Å²) in [5, 5.41) is 0.595. The van der Waals surface area contributed by atoms with E-state index in [9.17, 15) is 4.79 Å². The van der Waals surface area contributed by atoms with Crippen LogP contribution in [0.25, 0.3) is 0 Å². The highest BCUT2D eigenvalue weighted by atomic mass is 79.9. The van der Waals surface area contributed by atoms with Gasteiger partial charge >= 0.3 is 5.97 Å². The Kier molecular flexibility index (Phi) is 5.15. The van der Waals surface area contributed by atoms with Crippen LogP contribution in [-0.2, 0) is 16.0 Å². The van der Waals surface area contributed by atoms with E-state index in [0.717, 1.165) is 15.6 Å². The largest absolute Gasteiger partial charge is 0.457 e. The van der Waals surface area contributed by atoms with Crippen molar-refractivity contribution in [2.75, 3.05) is 0 Å². The number of nitrogens with zero attached hydrogens (tertiary/aromatic N) is 1. The minimum Gasteiger partial charge on any atom is -0.457 e. The van der Waals surface area contributed by atoms with Gasteiger partial charge in [0.1, 0.15) is 6.10 Å². The van der Waals surface area contributed by atoms with E-state index in [-0.39, 0.29) is 18.5 Å². The standard InChI is InChI=1S/C15H13BrClNO2/c1-10(12-4-2-3-5-14(12)17)20-15(19)8-11-6-7-18-9-13(11)16/h2-7,9-10H,8H2,1H3. The molecule has 0 bridgehead atoms. The summed E-state index contributed by atoms with van der Waals surface area (Å²) in [6.07, 6.45) is 3.11. The van der Waals surface area contributed by atoms with E-state index in [4.69, 9.17) is 16.3 Å². The number of hydrogen-bond donors (Lipinski definition) is 0. The van der Waals surface area contributed by atoms with Crippen LogP contribution in [0.15, 0.2) is 47.2 Å². The minimum atomic E-state index is -0.378. The molecule has 3 nitrogen and oxygen atoms in total. The van der Waals surface area contributed by atoms with E-state index in [0.29, 0.717) is 5.02 Å². The predicted octanol–water partition coefficient (Wildman–Crippen LogP) is 4.34. The highest BCUT2D eigenvalue weighted by Gasteiger charge is 2.15. The van der Waals surface area contributed by atoms with Crippen molar-refractivity contribution < 1.29 is 9.53 Å². The summed E-state index contributed by atoms with van der Waals surface area (Å²) in [5.74, 6) is -0.302. The van der Waals surface area contributed by atoms with Crippen molar-refractivity contribution in [2.24, 2.45) is 0 Å². The Balaban J connectivity index is 2.02. The minimum absolute atomic E-state index is 0.192. The van der Waals surface area contributed by atoms with Crippen molar-refractivity contribution in [2.45, 2.75) is 19.4 Å². The molecule has 0 spiro atoms. The molecule has 20 heavy (non-hydrogen) atoms. The van der Waals surface area contributed by atoms with E-state index in [1.807, 2.05) is 18.2 Å². The van der Waals surface area contributed by atoms with Gasteiger partial charge in [0.2, 0.25) is 0 Å². The number of hydrogen-bond acceptors (Lipinski definition) is 3. The summed E-state index contributed by atoms with van der Waals surface area (Å²) < 4.78 is 6.21. The molecule has 1 heterocycles. The number of rotatable bonds is 4. The number of pyridine rings is 1. The van der Waals surface area contributed by atoms with Crippen LogP contribution in [0, 0.1) is 0 Å². The van der Waals surface area contributed by atoms with Crippen LogP contribution in [0.5, 0.6) is 0 Å². The Morgan fingerprint density at radius 3 is 2.85 bits per heavy atom. The van der Waals surface area contributed by atoms with Crippen LogP contribution in [-0.4, -0.2) is 11.0 Å². The molecule has 0 amide bonds. The van der Waals surface area contributed by atoms with Gasteiger partial charge in [-0.05, 0) is 40.5 Å². The fourth-order valence-corrected chi connectivity index (χ4v) is 2.49. The highest BCUT2D eigenvalue weighted by Crippen LogP contribution is 2.25. The average molecular weight is 355 g/mol. The zero-order valence-electron chi connectivity index (χ0n) is 10.8. The smallest absolute Gasteiger partial charge is 0.310 e. The van der Waals surface area contributed by atoms with Gasteiger partial charge in [0.05, 0.1) is 6.42 Å². The third kappa shape index (κ3) is 3.81. The maximum Gasteiger partial charge on any atom is 0.310 e. The molecule has 1 unspecified atom stereocenters. The van der Waals surface area contributed by atoms with Crippen molar-refractivity contribution in [3.05, 3.63) is 63.3 Å². The quantitative estimate of drug-likeness (QED) is 0.767. The molecule has 1 aromatic heterocycles. The summed E-state index contributed by atoms with van der Waals surface area (Å²) in [6, 6.07) is 9.12. The second-order valence-electron chi connectivity index (χ2n) is 4.30. The summed E-state index contributed by atoms with van der Waals surface area (Å²) in [7, 11) is 0. The van der Waals surface area contributed by atoms with Crippen molar-refractivity contribution in [1.29, 1.82) is 0 Å². The topological polar surface area (TPSA) is 39.2 Å². The zero-order chi connectivity index (χ0) is 14.5. The van der Waals surface area contributed by atoms with Crippen molar-refractivity contribution in [3.8, 4) is 0 Å². The first-order valence-electron chi connectivity index (χ1n) is 6.10. The summed E-state index contributed by atoms with van der Waals surface area (Å²) in [5.41, 5.74) is 1.65. The first-order valence-corrected chi connectivity index (χ1v) is 7.27. The lowest BCUT2D eigenvalue weighted by Crippen LogP contribution is -2.12. The molecule has 2 aromatic rings. The van der Waals surface area contributed by atoms with Crippen LogP contribution in [0.1, 0.15) is 24.2 Å². The Labute approximate surface area is 131 Å². The van der Waals surface area contributed by atoms with Gasteiger partial charge in [-0.3, -0.25) is 9.78 Å². The second-order valence-corrected chi connectivity index (χ2v) is 5.56. The number of ether oxygens (including phenoxy) is 1. The molecule has 1 atom stereocenters. The van der Waals surface area contributed by atoms with Crippen LogP contribution < -0.4 is 0 Å². The molecule has 0 N–H and O–H groups in total. The van der Waals surface area contributed by atoms with Crippen molar-refractivity contribution in [3.63, 3.8) is 0 Å². The maximum absolute atomic E-state index is 12.0. The fourth-order valence-electron chi connectivity index (χ4n) is 1.81. The average Bonchev–Trinajstić information content (AvgIpc) is 2.41. The zero-order valence-corrected chi connectivity index (χ0v) is 13.2. The number of halogens is 2. The molecule has 0 aliphatic heterocycles. The molecule has 104 valence electrons. The van der Waals surface area contributed by atoms with Crippen LogP contribution in [0.2, 0.25) is 5.02 Å². The summed E-state index contributed by atoms with van der Waals surface area (Å²) >= 11 is 9.44. The fraction of sp³-hybridized carbons (Fsp3) is 0.200. The van der Waals surface area contributed by atoms with E-state index in [1.54, 1.807) is 31.5 Å². The molecule has 0 aliphatic rings. The lowest BCUT2D eigenvalue weighted by molar-refractivity contribution is -0.147. The van der Waals surface area contributed by atoms with E-state index in [1.165, 1.54) is 0 Å². The Morgan fingerprint density at radius 2 is 2.15 bits per heavy atom. The molecule has 0 radical (unpaired) electrons. The number of carbonyl (C=O) groups is 1. The van der Waals surface area contributed by atoms with Crippen LogP contribution in [0.4, 0.5) is 0 Å². The van der Waals surface area contributed by atoms with Gasteiger partial charge in [0.25, 0.3) is 0 Å². The Hall–Kier alpha value is -1.39. The van der Waals surface area contributed by atoms with E-state index >= 15 is 0 Å². The van der Waals surface area contributed by atoms with Gasteiger partial charge in [-0.1, -0.05) is 29.8 Å². The van der Waals surface area contributed by atoms with Gasteiger partial charge in [-0.15, -0.1) is 0 Å². The monoisotopic (exact) mass is 353 g/mol. The lowest BCUT2D eigenvalue weighted by Gasteiger charge is -2.15. The van der Waals surface area contributed by atoms with Gasteiger partial charge < -0.3 is 4.74 Å². The van der Waals surface area contributed by atoms with Gasteiger partial charge in [-0.25, -0.2) is 0 Å². The molecule has 0 saturated carbocycles. The molecule has 1 aromatic carbocycles. The highest BCUT2D eigenvalue weighted by molar-refractivity contribution is 9.10. The normalized spacial score (nSPS) is 11.9. The third-order valence-electron chi connectivity index (χ3n) is 2.84. The number of carbonyl (C=O) groups excluding carboxylic acids is 1. The van der Waals surface area contributed by atoms with Gasteiger partial charge in [0, 0.05) is 27.5 Å². The Bertz CT molecular complexity index is 618. The molecule has 0 fully saturated rings. The number of esters is 1. The summed E-state index contributed by atoms with van der Waals surface area (Å²) in [6.45, 7) is 1.81. The number of benzene rings is 1. The van der Waals surface area contributed by atoms with Crippen LogP contribution in [0.3, 0.4) is 0 Å². The third-order valence-corrected chi connectivity index (χ3v) is 3.90. The van der Waals surface area contributed by atoms with Crippen LogP contribution >= 0.6 is 27.5 Å². The first kappa shape index (κ1) is 15.0.